The fraction of sp³-hybridized carbons (Fsp3) is 0. The molecule has 0 unspecified atom stereocenters. The molecule has 0 fully saturated rings. The Balaban J connectivity index is 0. The Morgan fingerprint density at radius 2 is 0.750 bits per heavy atom. The molecule has 0 N–H and O–H groups in total. The van der Waals surface area contributed by atoms with Crippen molar-refractivity contribution in [3.63, 3.8) is 0 Å². The fourth-order valence-electron chi connectivity index (χ4n) is 0. The normalized spacial score (nSPS) is 0. The van der Waals surface area contributed by atoms with Gasteiger partial charge in [0, 0.05) is 27.3 Å². The molecule has 2 nitrogen and oxygen atoms in total. The molecule has 0 rings (SSSR count). The molecule has 0 aliphatic heterocycles. The third-order valence-electron chi connectivity index (χ3n) is 0. The average Bonchev–Trinajstić information content (AvgIpc) is 0. The quantitative estimate of drug-likeness (QED) is 0.523. The van der Waals surface area contributed by atoms with Crippen LogP contribution in [0.15, 0.2) is 0 Å². The van der Waals surface area contributed by atoms with Crippen molar-refractivity contribution in [2.24, 2.45) is 0 Å². The molecule has 18 valence electrons. The van der Waals surface area contributed by atoms with Crippen molar-refractivity contribution in [2.45, 2.75) is 0 Å². The van der Waals surface area contributed by atoms with Crippen LogP contribution < -0.4 is 0 Å². The van der Waals surface area contributed by atoms with Crippen LogP contribution in [-0.4, -0.2) is 23.9 Å². The molecular weight excluding hydrogens is 263 g/mol. The van der Waals surface area contributed by atoms with Crippen LogP contribution in [0.25, 0.3) is 0 Å². The summed E-state index contributed by atoms with van der Waals surface area (Å²) in [5, 5.41) is 0. The first-order valence-electron chi connectivity index (χ1n) is 0. The van der Waals surface area contributed by atoms with E-state index in [1.807, 2.05) is 0 Å². The zero-order chi connectivity index (χ0) is 0. The van der Waals surface area contributed by atoms with Gasteiger partial charge in [-0.1, -0.05) is 0 Å². The van der Waals surface area contributed by atoms with Gasteiger partial charge in [-0.25, -0.2) is 0 Å². The SMILES string of the molecule is [Cd].[O-2].[O-2].[Sn+4]. The van der Waals surface area contributed by atoms with E-state index in [1.54, 1.807) is 0 Å². The Bertz CT molecular complexity index is 6.00. The third kappa shape index (κ3) is 9.43. The van der Waals surface area contributed by atoms with Crippen LogP contribution in [0.2, 0.25) is 0 Å². The van der Waals surface area contributed by atoms with E-state index in [9.17, 15) is 0 Å². The second kappa shape index (κ2) is 22.8. The Labute approximate surface area is 61.7 Å². The molecule has 0 aromatic carbocycles. The topological polar surface area (TPSA) is 57.0 Å². The van der Waals surface area contributed by atoms with Crippen molar-refractivity contribution in [3.05, 3.63) is 0 Å². The largest absolute Gasteiger partial charge is 4.00 e. The van der Waals surface area contributed by atoms with Gasteiger partial charge >= 0.3 is 23.9 Å². The first-order valence-corrected chi connectivity index (χ1v) is 0. The van der Waals surface area contributed by atoms with Gasteiger partial charge in [0.25, 0.3) is 0 Å². The molecule has 0 saturated carbocycles. The van der Waals surface area contributed by atoms with E-state index in [-0.39, 0.29) is 62.2 Å². The van der Waals surface area contributed by atoms with Gasteiger partial charge in [-0.3, -0.25) is 0 Å². The Hall–Kier alpha value is 1.64. The van der Waals surface area contributed by atoms with Crippen LogP contribution in [0.3, 0.4) is 0 Å². The monoisotopic (exact) mass is 266 g/mol. The van der Waals surface area contributed by atoms with E-state index >= 15 is 0 Å². The van der Waals surface area contributed by atoms with Crippen molar-refractivity contribution in [1.29, 1.82) is 0 Å². The molecule has 0 radical (unpaired) electrons. The molecular formula is CdO2Sn. The Morgan fingerprint density at radius 3 is 0.750 bits per heavy atom. The van der Waals surface area contributed by atoms with Gasteiger partial charge in [-0.2, -0.15) is 0 Å². The molecule has 0 amide bonds. The number of hydrogen-bond donors (Lipinski definition) is 0. The molecule has 4 heteroatoms. The summed E-state index contributed by atoms with van der Waals surface area (Å²) in [6.07, 6.45) is 0. The van der Waals surface area contributed by atoms with Crippen molar-refractivity contribution < 1.29 is 38.3 Å². The maximum absolute atomic E-state index is 0. The molecule has 0 aromatic rings. The van der Waals surface area contributed by atoms with E-state index in [0.29, 0.717) is 0 Å². The molecule has 0 spiro atoms. The summed E-state index contributed by atoms with van der Waals surface area (Å²) in [7, 11) is 0. The van der Waals surface area contributed by atoms with Gasteiger partial charge in [0.2, 0.25) is 0 Å². The predicted octanol–water partition coefficient (Wildman–Crippen LogP) is -0.621. The van der Waals surface area contributed by atoms with Crippen molar-refractivity contribution in [1.82, 2.24) is 0 Å². The fourth-order valence-corrected chi connectivity index (χ4v) is 0. The molecule has 0 aliphatic rings. The van der Waals surface area contributed by atoms with Crippen LogP contribution in [-0.2, 0) is 38.3 Å². The maximum Gasteiger partial charge on any atom is 4.00 e. The van der Waals surface area contributed by atoms with E-state index in [4.69, 9.17) is 0 Å². The van der Waals surface area contributed by atoms with Crippen LogP contribution in [0.4, 0.5) is 0 Å². The van der Waals surface area contributed by atoms with Gasteiger partial charge in [-0.05, 0) is 0 Å². The minimum absolute atomic E-state index is 0. The third-order valence-corrected chi connectivity index (χ3v) is 0. The van der Waals surface area contributed by atoms with Crippen molar-refractivity contribution >= 4 is 23.9 Å². The Morgan fingerprint density at radius 1 is 0.750 bits per heavy atom. The van der Waals surface area contributed by atoms with E-state index in [0.717, 1.165) is 0 Å². The Kier molecular flexibility index (Phi) is 258. The van der Waals surface area contributed by atoms with Gasteiger partial charge in [-0.15, -0.1) is 0 Å². The second-order valence-corrected chi connectivity index (χ2v) is 0. The zero-order valence-corrected chi connectivity index (χ0v) is 8.91. The van der Waals surface area contributed by atoms with E-state index < -0.39 is 0 Å². The van der Waals surface area contributed by atoms with Crippen molar-refractivity contribution in [3.8, 4) is 0 Å². The minimum atomic E-state index is 0. The van der Waals surface area contributed by atoms with E-state index in [1.165, 1.54) is 0 Å². The molecule has 4 heavy (non-hydrogen) atoms. The smallest absolute Gasteiger partial charge is 2.00 e. The summed E-state index contributed by atoms with van der Waals surface area (Å²) in [6, 6.07) is 0. The molecule has 0 aliphatic carbocycles. The summed E-state index contributed by atoms with van der Waals surface area (Å²) >= 11 is 0. The summed E-state index contributed by atoms with van der Waals surface area (Å²) in [5.74, 6) is 0. The van der Waals surface area contributed by atoms with Crippen LogP contribution in [0.5, 0.6) is 0 Å². The summed E-state index contributed by atoms with van der Waals surface area (Å²) in [4.78, 5) is 0. The zero-order valence-electron chi connectivity index (χ0n) is 2.02. The predicted molar refractivity (Wildman–Crippen MR) is 7.13 cm³/mol. The second-order valence-electron chi connectivity index (χ2n) is 0. The molecule has 0 atom stereocenters. The first-order chi connectivity index (χ1) is 0. The molecule has 0 bridgehead atoms. The average molecular weight is 263 g/mol. The van der Waals surface area contributed by atoms with Crippen LogP contribution in [0, 0.1) is 0 Å². The first kappa shape index (κ1) is 45.1. The van der Waals surface area contributed by atoms with Gasteiger partial charge < -0.3 is 11.0 Å². The molecule has 0 aromatic heterocycles. The molecule has 0 saturated heterocycles. The summed E-state index contributed by atoms with van der Waals surface area (Å²) in [5.41, 5.74) is 0. The van der Waals surface area contributed by atoms with Gasteiger partial charge in [0.15, 0.2) is 0 Å². The van der Waals surface area contributed by atoms with Gasteiger partial charge in [0.05, 0.1) is 0 Å². The summed E-state index contributed by atoms with van der Waals surface area (Å²) < 4.78 is 0. The maximum atomic E-state index is 0. The van der Waals surface area contributed by atoms with Crippen molar-refractivity contribution in [2.75, 3.05) is 0 Å². The molecule has 0 heterocycles. The number of hydrogen-bond acceptors (Lipinski definition) is 0. The van der Waals surface area contributed by atoms with Gasteiger partial charge in [0.1, 0.15) is 0 Å². The van der Waals surface area contributed by atoms with Crippen LogP contribution in [0.1, 0.15) is 0 Å². The number of rotatable bonds is 0. The van der Waals surface area contributed by atoms with Crippen LogP contribution >= 0.6 is 0 Å². The summed E-state index contributed by atoms with van der Waals surface area (Å²) in [6.45, 7) is 0. The minimum Gasteiger partial charge on any atom is -2.00 e. The standard InChI is InChI=1S/Cd.2O.Sn/q;2*-2;+4. The van der Waals surface area contributed by atoms with E-state index in [2.05, 4.69) is 0 Å².